The lowest BCUT2D eigenvalue weighted by Gasteiger charge is -2.42. The van der Waals surface area contributed by atoms with E-state index in [0.29, 0.717) is 33.8 Å². The van der Waals surface area contributed by atoms with Gasteiger partial charge in [-0.15, -0.1) is 0 Å². The topological polar surface area (TPSA) is 73.0 Å². The van der Waals surface area contributed by atoms with Crippen molar-refractivity contribution in [2.24, 2.45) is 0 Å². The molecule has 30 heavy (non-hydrogen) atoms. The molecule has 2 aliphatic heterocycles. The third-order valence-electron chi connectivity index (χ3n) is 5.44. The molecule has 3 rings (SSSR count). The van der Waals surface area contributed by atoms with Crippen molar-refractivity contribution in [3.63, 3.8) is 0 Å². The highest BCUT2D eigenvalue weighted by Crippen LogP contribution is 2.32. The van der Waals surface area contributed by atoms with Gasteiger partial charge >= 0.3 is 0 Å². The zero-order valence-corrected chi connectivity index (χ0v) is 19.6. The van der Waals surface area contributed by atoms with E-state index >= 15 is 0 Å². The second kappa shape index (κ2) is 10.1. The Morgan fingerprint density at radius 1 is 1.10 bits per heavy atom. The van der Waals surface area contributed by atoms with Gasteiger partial charge in [-0.1, -0.05) is 41.4 Å². The van der Waals surface area contributed by atoms with E-state index in [2.05, 4.69) is 16.8 Å². The van der Waals surface area contributed by atoms with E-state index in [1.807, 2.05) is 0 Å². The molecule has 1 amide bonds. The highest BCUT2D eigenvalue weighted by Gasteiger charge is 2.35. The molecule has 2 saturated heterocycles. The normalized spacial score (nSPS) is 21.0. The Balaban J connectivity index is 1.70. The third kappa shape index (κ3) is 5.60. The fourth-order valence-corrected chi connectivity index (χ4v) is 5.38. The van der Waals surface area contributed by atoms with Crippen LogP contribution in [0.15, 0.2) is 24.1 Å². The van der Waals surface area contributed by atoms with E-state index in [1.165, 1.54) is 10.4 Å². The first-order chi connectivity index (χ1) is 14.2. The molecule has 166 valence electrons. The number of anilines is 1. The molecule has 11 heteroatoms. The number of piperazine rings is 1. The van der Waals surface area contributed by atoms with Crippen molar-refractivity contribution >= 4 is 56.4 Å². The molecule has 7 nitrogen and oxygen atoms in total. The van der Waals surface area contributed by atoms with Crippen LogP contribution in [0.4, 0.5) is 5.69 Å². The molecule has 0 bridgehead atoms. The maximum absolute atomic E-state index is 13.0. The zero-order valence-electron chi connectivity index (χ0n) is 16.5. The molecule has 0 aromatic heterocycles. The monoisotopic (exact) mass is 494 g/mol. The average molecular weight is 496 g/mol. The highest BCUT2D eigenvalue weighted by molar-refractivity contribution is 7.92. The number of nitrogens with one attached hydrogen (secondary N) is 1. The molecule has 2 fully saturated rings. The minimum absolute atomic E-state index is 0.0163. The Kier molecular flexibility index (Phi) is 7.92. The van der Waals surface area contributed by atoms with Gasteiger partial charge in [0.2, 0.25) is 15.9 Å². The van der Waals surface area contributed by atoms with Crippen molar-refractivity contribution < 1.29 is 13.2 Å². The van der Waals surface area contributed by atoms with Gasteiger partial charge in [0.05, 0.1) is 33.3 Å². The molecular weight excluding hydrogens is 471 g/mol. The van der Waals surface area contributed by atoms with Gasteiger partial charge in [-0.2, -0.15) is 4.31 Å². The van der Waals surface area contributed by atoms with Gasteiger partial charge in [0, 0.05) is 31.6 Å². The van der Waals surface area contributed by atoms with E-state index in [-0.39, 0.29) is 31.6 Å². The van der Waals surface area contributed by atoms with Crippen molar-refractivity contribution in [3.8, 4) is 0 Å². The summed E-state index contributed by atoms with van der Waals surface area (Å²) in [5.74, 6) is -0.128. The van der Waals surface area contributed by atoms with Crippen LogP contribution in [0.3, 0.4) is 0 Å². The van der Waals surface area contributed by atoms with Crippen molar-refractivity contribution in [1.29, 1.82) is 0 Å². The average Bonchev–Trinajstić information content (AvgIpc) is 3.22. The Labute approximate surface area is 192 Å². The van der Waals surface area contributed by atoms with Crippen LogP contribution in [0.25, 0.3) is 0 Å². The number of hydrogen-bond donors (Lipinski definition) is 1. The lowest BCUT2D eigenvalue weighted by molar-refractivity contribution is -0.133. The quantitative estimate of drug-likeness (QED) is 0.588. The summed E-state index contributed by atoms with van der Waals surface area (Å²) in [6, 6.07) is 2.87. The minimum Gasteiger partial charge on any atom is -0.375 e. The Bertz CT molecular complexity index is 907. The lowest BCUT2D eigenvalue weighted by atomic mass is 10.1. The van der Waals surface area contributed by atoms with Gasteiger partial charge < -0.3 is 15.1 Å². The van der Waals surface area contributed by atoms with Crippen LogP contribution >= 0.6 is 34.8 Å². The van der Waals surface area contributed by atoms with Crippen molar-refractivity contribution in [1.82, 2.24) is 14.1 Å². The van der Waals surface area contributed by atoms with Crippen molar-refractivity contribution in [2.75, 3.05) is 51.1 Å². The minimum atomic E-state index is -3.53. The largest absolute Gasteiger partial charge is 0.375 e. The maximum atomic E-state index is 13.0. The molecule has 0 aliphatic carbocycles. The number of halogens is 3. The number of carbonyl (C=O) groups is 1. The second-order valence-electron chi connectivity index (χ2n) is 7.42. The number of carbonyl (C=O) groups excluding carboxylic acids is 1. The number of likely N-dealkylation sites (tertiary alicyclic amines) is 1. The van der Waals surface area contributed by atoms with Gasteiger partial charge in [-0.3, -0.25) is 4.79 Å². The van der Waals surface area contributed by atoms with Gasteiger partial charge in [0.1, 0.15) is 0 Å². The number of nitrogens with zero attached hydrogens (tertiary/aromatic N) is 3. The second-order valence-corrected chi connectivity index (χ2v) is 10.5. The molecule has 0 unspecified atom stereocenters. The Morgan fingerprint density at radius 2 is 1.77 bits per heavy atom. The summed E-state index contributed by atoms with van der Waals surface area (Å²) in [7, 11) is -3.53. The van der Waals surface area contributed by atoms with Crippen LogP contribution in [0.5, 0.6) is 0 Å². The van der Waals surface area contributed by atoms with Crippen LogP contribution < -0.4 is 5.32 Å². The van der Waals surface area contributed by atoms with Gasteiger partial charge in [-0.05, 0) is 38.1 Å². The number of benzene rings is 1. The molecular formula is C19H25Cl3N4O3S. The van der Waals surface area contributed by atoms with E-state index < -0.39 is 10.0 Å². The number of rotatable bonds is 7. The third-order valence-corrected chi connectivity index (χ3v) is 7.95. The number of amides is 1. The molecule has 0 saturated carbocycles. The van der Waals surface area contributed by atoms with Crippen molar-refractivity contribution in [2.45, 2.75) is 18.9 Å². The van der Waals surface area contributed by atoms with Crippen LogP contribution in [0, 0.1) is 0 Å². The van der Waals surface area contributed by atoms with Gasteiger partial charge in [0.15, 0.2) is 0 Å². The first-order valence-electron chi connectivity index (χ1n) is 9.74. The van der Waals surface area contributed by atoms with Crippen LogP contribution in [0.1, 0.15) is 12.8 Å². The Morgan fingerprint density at radius 3 is 2.43 bits per heavy atom. The van der Waals surface area contributed by atoms with Crippen LogP contribution in [-0.4, -0.2) is 80.3 Å². The predicted molar refractivity (Wildman–Crippen MR) is 122 cm³/mol. The fourth-order valence-electron chi connectivity index (χ4n) is 3.84. The first kappa shape index (κ1) is 23.6. The summed E-state index contributed by atoms with van der Waals surface area (Å²) < 4.78 is 25.9. The number of hydrogen-bond acceptors (Lipinski definition) is 5. The molecule has 1 N–H and O–H groups in total. The van der Waals surface area contributed by atoms with Crippen LogP contribution in [-0.2, 0) is 14.8 Å². The van der Waals surface area contributed by atoms with E-state index in [4.69, 9.17) is 34.8 Å². The fraction of sp³-hybridized carbons (Fsp3) is 0.526. The molecule has 2 heterocycles. The van der Waals surface area contributed by atoms with Gasteiger partial charge in [0.25, 0.3) is 0 Å². The smallest absolute Gasteiger partial charge is 0.242 e. The molecule has 0 spiro atoms. The standard InChI is InChI=1S/C19H25Cl3N4O3S/c1-2-30(28,29)25-7-8-26(14(13-25)12-24-5-3-4-6-24)19(27)11-23-18-10-16(21)15(20)9-17(18)22/h2,9-10,14,23H,1,3-8,11-13H2/t14-/m0/s1. The molecule has 1 aromatic rings. The van der Waals surface area contributed by atoms with E-state index in [1.54, 1.807) is 11.0 Å². The lowest BCUT2D eigenvalue weighted by Crippen LogP contribution is -2.60. The van der Waals surface area contributed by atoms with E-state index in [0.717, 1.165) is 31.3 Å². The summed E-state index contributed by atoms with van der Waals surface area (Å²) in [6.07, 6.45) is 2.24. The summed E-state index contributed by atoms with van der Waals surface area (Å²) in [5.41, 5.74) is 0.517. The summed E-state index contributed by atoms with van der Waals surface area (Å²) in [5, 5.41) is 5.02. The molecule has 1 atom stereocenters. The highest BCUT2D eigenvalue weighted by atomic mass is 35.5. The Hall–Kier alpha value is -1.03. The maximum Gasteiger partial charge on any atom is 0.242 e. The summed E-state index contributed by atoms with van der Waals surface area (Å²) in [4.78, 5) is 17.0. The summed E-state index contributed by atoms with van der Waals surface area (Å²) in [6.45, 7) is 6.81. The zero-order chi connectivity index (χ0) is 21.9. The van der Waals surface area contributed by atoms with E-state index in [9.17, 15) is 13.2 Å². The van der Waals surface area contributed by atoms with Gasteiger partial charge in [-0.25, -0.2) is 8.42 Å². The first-order valence-corrected chi connectivity index (χ1v) is 12.4. The van der Waals surface area contributed by atoms with Crippen molar-refractivity contribution in [3.05, 3.63) is 39.2 Å². The van der Waals surface area contributed by atoms with Crippen LogP contribution in [0.2, 0.25) is 15.1 Å². The summed E-state index contributed by atoms with van der Waals surface area (Å²) >= 11 is 18.2. The molecule has 2 aliphatic rings. The molecule has 1 aromatic carbocycles. The number of sulfonamides is 1. The predicted octanol–water partition coefficient (Wildman–Crippen LogP) is 3.14. The SMILES string of the molecule is C=CS(=O)(=O)N1CCN(C(=O)CNc2cc(Cl)c(Cl)cc2Cl)[C@@H](CN2CCCC2)C1. The molecule has 0 radical (unpaired) electrons.